The van der Waals surface area contributed by atoms with Crippen molar-refractivity contribution in [2.24, 2.45) is 5.41 Å². The van der Waals surface area contributed by atoms with Crippen LogP contribution in [-0.2, 0) is 10.0 Å². The van der Waals surface area contributed by atoms with E-state index in [-0.39, 0.29) is 16.4 Å². The Morgan fingerprint density at radius 1 is 1.25 bits per heavy atom. The molecule has 1 aliphatic heterocycles. The fourth-order valence-corrected chi connectivity index (χ4v) is 4.50. The fraction of sp³-hybridized carbons (Fsp3) is 0.538. The molecule has 0 aromatic heterocycles. The van der Waals surface area contributed by atoms with E-state index in [0.29, 0.717) is 10.0 Å². The number of halogens is 2. The molecule has 2 N–H and O–H groups in total. The Balaban J connectivity index is 2.26. The van der Waals surface area contributed by atoms with Gasteiger partial charge in [0.15, 0.2) is 0 Å². The van der Waals surface area contributed by atoms with Crippen molar-refractivity contribution in [2.75, 3.05) is 13.1 Å². The van der Waals surface area contributed by atoms with Crippen molar-refractivity contribution >= 4 is 33.2 Å². The summed E-state index contributed by atoms with van der Waals surface area (Å²) in [5.74, 6) is 0. The molecular weight excluding hydrogens is 319 g/mol. The molecule has 1 heterocycles. The van der Waals surface area contributed by atoms with Gasteiger partial charge < -0.3 is 5.32 Å². The normalized spacial score (nSPS) is 22.7. The Hall–Kier alpha value is -0.330. The highest BCUT2D eigenvalue weighted by Gasteiger charge is 2.35. The van der Waals surface area contributed by atoms with Crippen LogP contribution in [0.1, 0.15) is 20.3 Å². The molecule has 1 aromatic carbocycles. The van der Waals surface area contributed by atoms with Crippen molar-refractivity contribution in [3.63, 3.8) is 0 Å². The first-order valence-corrected chi connectivity index (χ1v) is 8.64. The van der Waals surface area contributed by atoms with Gasteiger partial charge in [0.1, 0.15) is 0 Å². The highest BCUT2D eigenvalue weighted by atomic mass is 35.5. The summed E-state index contributed by atoms with van der Waals surface area (Å²) in [6.07, 6.45) is 0.751. The molecule has 0 spiro atoms. The summed E-state index contributed by atoms with van der Waals surface area (Å²) in [5, 5.41) is 3.89. The number of hydrogen-bond acceptors (Lipinski definition) is 3. The van der Waals surface area contributed by atoms with E-state index < -0.39 is 10.0 Å². The van der Waals surface area contributed by atoms with E-state index in [1.54, 1.807) is 0 Å². The van der Waals surface area contributed by atoms with Gasteiger partial charge in [-0.05, 0) is 36.6 Å². The predicted molar refractivity (Wildman–Crippen MR) is 81.8 cm³/mol. The molecule has 0 saturated carbocycles. The van der Waals surface area contributed by atoms with Crippen molar-refractivity contribution in [2.45, 2.75) is 31.2 Å². The van der Waals surface area contributed by atoms with E-state index >= 15 is 0 Å². The highest BCUT2D eigenvalue weighted by Crippen LogP contribution is 2.28. The number of benzene rings is 1. The number of nitrogens with one attached hydrogen (secondary N) is 2. The molecule has 0 aliphatic carbocycles. The predicted octanol–water partition coefficient (Wildman–Crippen LogP) is 2.66. The Morgan fingerprint density at radius 3 is 2.40 bits per heavy atom. The summed E-state index contributed by atoms with van der Waals surface area (Å²) < 4.78 is 27.7. The minimum atomic E-state index is -3.62. The van der Waals surface area contributed by atoms with Gasteiger partial charge in [-0.3, -0.25) is 0 Å². The Morgan fingerprint density at radius 2 is 1.85 bits per heavy atom. The van der Waals surface area contributed by atoms with Gasteiger partial charge in [-0.2, -0.15) is 0 Å². The molecule has 1 aliphatic rings. The number of piperidine rings is 1. The standard InChI is InChI=1S/C13H18Cl2N2O2S/c1-13(2)8-16-4-3-12(13)17-20(18,19)11-6-9(14)5-10(15)7-11/h5-7,12,16-17H,3-4,8H2,1-2H3. The van der Waals surface area contributed by atoms with E-state index in [9.17, 15) is 8.42 Å². The van der Waals surface area contributed by atoms with Gasteiger partial charge in [-0.25, -0.2) is 13.1 Å². The van der Waals surface area contributed by atoms with Gasteiger partial charge in [-0.15, -0.1) is 0 Å². The van der Waals surface area contributed by atoms with Crippen molar-refractivity contribution < 1.29 is 8.42 Å². The molecule has 0 bridgehead atoms. The minimum Gasteiger partial charge on any atom is -0.316 e. The lowest BCUT2D eigenvalue weighted by molar-refractivity contribution is 0.206. The molecule has 0 radical (unpaired) electrons. The lowest BCUT2D eigenvalue weighted by atomic mass is 9.81. The van der Waals surface area contributed by atoms with Gasteiger partial charge in [0.25, 0.3) is 0 Å². The second kappa shape index (κ2) is 5.81. The van der Waals surface area contributed by atoms with Crippen LogP contribution in [0, 0.1) is 5.41 Å². The average molecular weight is 337 g/mol. The van der Waals surface area contributed by atoms with Crippen LogP contribution in [0.4, 0.5) is 0 Å². The monoisotopic (exact) mass is 336 g/mol. The van der Waals surface area contributed by atoms with Gasteiger partial charge in [0, 0.05) is 22.6 Å². The molecule has 1 saturated heterocycles. The first kappa shape index (κ1) is 16.0. The molecule has 1 unspecified atom stereocenters. The Bertz CT molecular complexity index is 582. The smallest absolute Gasteiger partial charge is 0.240 e. The summed E-state index contributed by atoms with van der Waals surface area (Å²) in [4.78, 5) is 0.101. The molecule has 1 fully saturated rings. The number of rotatable bonds is 3. The molecule has 112 valence electrons. The third kappa shape index (κ3) is 3.65. The van der Waals surface area contributed by atoms with E-state index in [0.717, 1.165) is 19.5 Å². The van der Waals surface area contributed by atoms with Crippen LogP contribution in [0.15, 0.2) is 23.1 Å². The van der Waals surface area contributed by atoms with E-state index in [1.807, 2.05) is 13.8 Å². The fourth-order valence-electron chi connectivity index (χ4n) is 2.33. The summed E-state index contributed by atoms with van der Waals surface area (Å²) >= 11 is 11.7. The third-order valence-corrected chi connectivity index (χ3v) is 5.47. The first-order valence-electron chi connectivity index (χ1n) is 6.40. The maximum Gasteiger partial charge on any atom is 0.240 e. The molecule has 0 amide bonds. The van der Waals surface area contributed by atoms with E-state index in [4.69, 9.17) is 23.2 Å². The van der Waals surface area contributed by atoms with Crippen molar-refractivity contribution in [3.05, 3.63) is 28.2 Å². The summed E-state index contributed by atoms with van der Waals surface area (Å²) in [5.41, 5.74) is -0.145. The second-order valence-electron chi connectivity index (χ2n) is 5.73. The van der Waals surface area contributed by atoms with Crippen LogP contribution in [0.5, 0.6) is 0 Å². The average Bonchev–Trinajstić information content (AvgIpc) is 2.30. The second-order valence-corrected chi connectivity index (χ2v) is 8.32. The van der Waals surface area contributed by atoms with Gasteiger partial charge in [0.05, 0.1) is 4.90 Å². The zero-order valence-electron chi connectivity index (χ0n) is 11.4. The Labute approximate surface area is 129 Å². The zero-order valence-corrected chi connectivity index (χ0v) is 13.7. The largest absolute Gasteiger partial charge is 0.316 e. The maximum absolute atomic E-state index is 12.4. The summed E-state index contributed by atoms with van der Waals surface area (Å²) in [6, 6.07) is 4.20. The molecule has 7 heteroatoms. The summed E-state index contributed by atoms with van der Waals surface area (Å²) in [7, 11) is -3.62. The number of sulfonamides is 1. The van der Waals surface area contributed by atoms with Crippen LogP contribution in [0.3, 0.4) is 0 Å². The lowest BCUT2D eigenvalue weighted by Crippen LogP contribution is -2.54. The molecule has 4 nitrogen and oxygen atoms in total. The van der Waals surface area contributed by atoms with E-state index in [1.165, 1.54) is 18.2 Å². The van der Waals surface area contributed by atoms with Crippen LogP contribution in [-0.4, -0.2) is 27.5 Å². The van der Waals surface area contributed by atoms with Gasteiger partial charge in [-0.1, -0.05) is 37.0 Å². The van der Waals surface area contributed by atoms with Crippen LogP contribution < -0.4 is 10.0 Å². The summed E-state index contributed by atoms with van der Waals surface area (Å²) in [6.45, 7) is 5.65. The molecule has 20 heavy (non-hydrogen) atoms. The molecule has 2 rings (SSSR count). The van der Waals surface area contributed by atoms with Crippen molar-refractivity contribution in [3.8, 4) is 0 Å². The number of hydrogen-bond donors (Lipinski definition) is 2. The van der Waals surface area contributed by atoms with Gasteiger partial charge in [0.2, 0.25) is 10.0 Å². The van der Waals surface area contributed by atoms with Crippen LogP contribution >= 0.6 is 23.2 Å². The SMILES string of the molecule is CC1(C)CNCCC1NS(=O)(=O)c1cc(Cl)cc(Cl)c1. The minimum absolute atomic E-state index is 0.101. The lowest BCUT2D eigenvalue weighted by Gasteiger charge is -2.39. The topological polar surface area (TPSA) is 58.2 Å². The highest BCUT2D eigenvalue weighted by molar-refractivity contribution is 7.89. The Kier molecular flexibility index (Phi) is 4.66. The zero-order chi connectivity index (χ0) is 15.0. The molecular formula is C13H18Cl2N2O2S. The van der Waals surface area contributed by atoms with Gasteiger partial charge >= 0.3 is 0 Å². The van der Waals surface area contributed by atoms with Crippen molar-refractivity contribution in [1.82, 2.24) is 10.0 Å². The quantitative estimate of drug-likeness (QED) is 0.892. The third-order valence-electron chi connectivity index (χ3n) is 3.58. The van der Waals surface area contributed by atoms with E-state index in [2.05, 4.69) is 10.0 Å². The van der Waals surface area contributed by atoms with Crippen molar-refractivity contribution in [1.29, 1.82) is 0 Å². The molecule has 1 atom stereocenters. The maximum atomic E-state index is 12.4. The van der Waals surface area contributed by atoms with Crippen LogP contribution in [0.25, 0.3) is 0 Å². The first-order chi connectivity index (χ1) is 9.21. The van der Waals surface area contributed by atoms with Crippen LogP contribution in [0.2, 0.25) is 10.0 Å². The molecule has 1 aromatic rings.